The third kappa shape index (κ3) is 5.27. The number of likely N-dealkylation sites (N-methyl/N-ethyl adjacent to an activating group) is 1. The Balaban J connectivity index is 1.72. The highest BCUT2D eigenvalue weighted by Crippen LogP contribution is 2.37. The van der Waals surface area contributed by atoms with Crippen LogP contribution in [0, 0.1) is 5.92 Å². The number of amides is 1. The molecule has 1 amide bonds. The summed E-state index contributed by atoms with van der Waals surface area (Å²) in [7, 11) is -2.19. The van der Waals surface area contributed by atoms with E-state index in [9.17, 15) is 18.3 Å². The fraction of sp³-hybridized carbons (Fsp3) is 0.462. The van der Waals surface area contributed by atoms with E-state index in [0.29, 0.717) is 5.56 Å². The van der Waals surface area contributed by atoms with E-state index < -0.39 is 22.2 Å². The van der Waals surface area contributed by atoms with E-state index >= 15 is 0 Å². The number of sulfonamides is 1. The lowest BCUT2D eigenvalue weighted by Crippen LogP contribution is -2.50. The Morgan fingerprint density at radius 2 is 2.03 bits per heavy atom. The SMILES string of the molecule is C[C@@H]1CN([C@H](C)CO)S(=O)(=O)c2ccc(C3=CCCC3)cc2O[C@@H]1CN(C)C(=O)c1ccncc1. The van der Waals surface area contributed by atoms with E-state index in [4.69, 9.17) is 4.74 Å². The minimum absolute atomic E-state index is 0.0835. The van der Waals surface area contributed by atoms with Gasteiger partial charge in [0.1, 0.15) is 16.7 Å². The molecule has 2 aliphatic rings. The Kier molecular flexibility index (Phi) is 7.59. The molecule has 0 bridgehead atoms. The van der Waals surface area contributed by atoms with E-state index in [1.165, 1.54) is 9.88 Å². The number of aliphatic hydroxyl groups excluding tert-OH is 1. The number of carbonyl (C=O) groups is 1. The van der Waals surface area contributed by atoms with Gasteiger partial charge in [-0.25, -0.2) is 8.42 Å². The molecule has 0 spiro atoms. The molecule has 1 aromatic heterocycles. The van der Waals surface area contributed by atoms with Gasteiger partial charge in [0.2, 0.25) is 10.0 Å². The van der Waals surface area contributed by atoms with E-state index in [-0.39, 0.29) is 42.2 Å². The molecule has 8 nitrogen and oxygen atoms in total. The second-order valence-corrected chi connectivity index (χ2v) is 11.3. The van der Waals surface area contributed by atoms with Crippen molar-refractivity contribution in [3.05, 3.63) is 59.9 Å². The summed E-state index contributed by atoms with van der Waals surface area (Å²) < 4.78 is 35.0. The second kappa shape index (κ2) is 10.5. The van der Waals surface area contributed by atoms with Crippen molar-refractivity contribution in [3.8, 4) is 5.75 Å². The van der Waals surface area contributed by atoms with Crippen molar-refractivity contribution in [1.82, 2.24) is 14.2 Å². The van der Waals surface area contributed by atoms with Crippen LogP contribution >= 0.6 is 0 Å². The summed E-state index contributed by atoms with van der Waals surface area (Å²) in [5, 5.41) is 9.81. The monoisotopic (exact) mass is 499 g/mol. The molecule has 1 N–H and O–H groups in total. The average molecular weight is 500 g/mol. The summed E-state index contributed by atoms with van der Waals surface area (Å²) in [6, 6.07) is 7.97. The fourth-order valence-corrected chi connectivity index (χ4v) is 6.47. The van der Waals surface area contributed by atoms with Gasteiger partial charge < -0.3 is 14.7 Å². The summed E-state index contributed by atoms with van der Waals surface area (Å²) in [6.45, 7) is 3.75. The zero-order valence-corrected chi connectivity index (χ0v) is 21.2. The van der Waals surface area contributed by atoms with Gasteiger partial charge in [-0.2, -0.15) is 4.31 Å². The van der Waals surface area contributed by atoms with Crippen LogP contribution in [0.5, 0.6) is 5.75 Å². The summed E-state index contributed by atoms with van der Waals surface area (Å²) in [6.07, 6.45) is 7.91. The molecule has 35 heavy (non-hydrogen) atoms. The predicted octanol–water partition coefficient (Wildman–Crippen LogP) is 3.19. The lowest BCUT2D eigenvalue weighted by atomic mass is 10.0. The van der Waals surface area contributed by atoms with Crippen molar-refractivity contribution in [2.45, 2.75) is 50.2 Å². The van der Waals surface area contributed by atoms with Crippen molar-refractivity contribution < 1.29 is 23.1 Å². The summed E-state index contributed by atoms with van der Waals surface area (Å²) in [5.74, 6) is -0.121. The van der Waals surface area contributed by atoms with Crippen LogP contribution in [0.3, 0.4) is 0 Å². The zero-order chi connectivity index (χ0) is 25.2. The molecule has 0 unspecified atom stereocenters. The lowest BCUT2D eigenvalue weighted by Gasteiger charge is -2.37. The van der Waals surface area contributed by atoms with Gasteiger partial charge in [0.25, 0.3) is 5.91 Å². The van der Waals surface area contributed by atoms with E-state index in [1.807, 2.05) is 19.1 Å². The number of benzene rings is 1. The van der Waals surface area contributed by atoms with Crippen LogP contribution in [0.2, 0.25) is 0 Å². The van der Waals surface area contributed by atoms with Gasteiger partial charge >= 0.3 is 0 Å². The maximum absolute atomic E-state index is 13.6. The van der Waals surface area contributed by atoms with Gasteiger partial charge in [0, 0.05) is 43.5 Å². The number of rotatable bonds is 6. The zero-order valence-electron chi connectivity index (χ0n) is 20.4. The number of carbonyl (C=O) groups excluding carboxylic acids is 1. The molecule has 0 fully saturated rings. The minimum Gasteiger partial charge on any atom is -0.487 e. The predicted molar refractivity (Wildman–Crippen MR) is 133 cm³/mol. The van der Waals surface area contributed by atoms with Gasteiger partial charge in [0.15, 0.2) is 0 Å². The molecule has 188 valence electrons. The molecule has 9 heteroatoms. The normalized spacial score (nSPS) is 22.8. The van der Waals surface area contributed by atoms with Gasteiger partial charge in [-0.05, 0) is 61.6 Å². The highest BCUT2D eigenvalue weighted by molar-refractivity contribution is 7.89. The standard InChI is InChI=1S/C26H33N3O5S/c1-18-15-29(19(2)17-30)35(32,33)25-9-8-22(20-6-4-5-7-20)14-23(25)34-24(18)16-28(3)26(31)21-10-12-27-13-11-21/h6,8-14,18-19,24,30H,4-5,7,15-17H2,1-3H3/t18-,19-,24-/m1/s1. The summed E-state index contributed by atoms with van der Waals surface area (Å²) >= 11 is 0. The summed E-state index contributed by atoms with van der Waals surface area (Å²) in [5.41, 5.74) is 2.66. The number of aliphatic hydroxyl groups is 1. The Morgan fingerprint density at radius 3 is 2.69 bits per heavy atom. The average Bonchev–Trinajstić information content (AvgIpc) is 3.40. The quantitative estimate of drug-likeness (QED) is 0.655. The largest absolute Gasteiger partial charge is 0.487 e. The van der Waals surface area contributed by atoms with Crippen molar-refractivity contribution in [2.75, 3.05) is 26.7 Å². The van der Waals surface area contributed by atoms with Crippen molar-refractivity contribution in [3.63, 3.8) is 0 Å². The van der Waals surface area contributed by atoms with Crippen LogP contribution in [0.4, 0.5) is 0 Å². The number of ether oxygens (including phenoxy) is 1. The Hall–Kier alpha value is -2.75. The number of pyridine rings is 1. The van der Waals surface area contributed by atoms with Crippen molar-refractivity contribution in [1.29, 1.82) is 0 Å². The van der Waals surface area contributed by atoms with E-state index in [1.54, 1.807) is 49.5 Å². The first-order valence-corrected chi connectivity index (χ1v) is 13.4. The highest BCUT2D eigenvalue weighted by atomic mass is 32.2. The summed E-state index contributed by atoms with van der Waals surface area (Å²) in [4.78, 5) is 18.6. The number of aromatic nitrogens is 1. The van der Waals surface area contributed by atoms with Gasteiger partial charge in [-0.3, -0.25) is 9.78 Å². The second-order valence-electron chi connectivity index (χ2n) is 9.44. The number of nitrogens with zero attached hydrogens (tertiary/aromatic N) is 3. The Labute approximate surface area is 207 Å². The van der Waals surface area contributed by atoms with Crippen LogP contribution in [0.25, 0.3) is 5.57 Å². The van der Waals surface area contributed by atoms with Crippen LogP contribution in [-0.2, 0) is 10.0 Å². The van der Waals surface area contributed by atoms with Crippen molar-refractivity contribution >= 4 is 21.5 Å². The van der Waals surface area contributed by atoms with Crippen molar-refractivity contribution in [2.24, 2.45) is 5.92 Å². The maximum atomic E-state index is 13.6. The first kappa shape index (κ1) is 25.3. The third-order valence-corrected chi connectivity index (χ3v) is 8.83. The Bertz CT molecular complexity index is 1200. The maximum Gasteiger partial charge on any atom is 0.253 e. The molecule has 0 saturated carbocycles. The molecule has 3 atom stereocenters. The van der Waals surface area contributed by atoms with E-state index in [2.05, 4.69) is 11.1 Å². The van der Waals surface area contributed by atoms with Gasteiger partial charge in [-0.1, -0.05) is 19.1 Å². The molecular weight excluding hydrogens is 466 g/mol. The Morgan fingerprint density at radius 1 is 1.29 bits per heavy atom. The first-order valence-electron chi connectivity index (χ1n) is 12.0. The topological polar surface area (TPSA) is 100 Å². The minimum atomic E-state index is -3.90. The van der Waals surface area contributed by atoms with Crippen LogP contribution in [0.1, 0.15) is 49.0 Å². The molecule has 2 aromatic rings. The first-order chi connectivity index (χ1) is 16.7. The van der Waals surface area contributed by atoms with E-state index in [0.717, 1.165) is 24.8 Å². The number of hydrogen-bond donors (Lipinski definition) is 1. The molecule has 1 aromatic carbocycles. The molecular formula is C26H33N3O5S. The molecule has 0 saturated heterocycles. The molecule has 0 radical (unpaired) electrons. The third-order valence-electron chi connectivity index (χ3n) is 6.81. The lowest BCUT2D eigenvalue weighted by molar-refractivity contribution is 0.0563. The van der Waals surface area contributed by atoms with Gasteiger partial charge in [-0.15, -0.1) is 0 Å². The molecule has 1 aliphatic heterocycles. The number of fused-ring (bicyclic) bond motifs is 1. The smallest absolute Gasteiger partial charge is 0.253 e. The van der Waals surface area contributed by atoms with Crippen LogP contribution < -0.4 is 4.74 Å². The molecule has 2 heterocycles. The van der Waals surface area contributed by atoms with Gasteiger partial charge in [0.05, 0.1) is 13.2 Å². The highest BCUT2D eigenvalue weighted by Gasteiger charge is 2.38. The fourth-order valence-electron chi connectivity index (χ4n) is 4.64. The number of hydrogen-bond acceptors (Lipinski definition) is 6. The number of allylic oxidation sites excluding steroid dienone is 2. The van der Waals surface area contributed by atoms with Crippen LogP contribution in [0.15, 0.2) is 53.7 Å². The molecule has 1 aliphatic carbocycles. The molecule has 4 rings (SSSR count). The van der Waals surface area contributed by atoms with Crippen LogP contribution in [-0.4, -0.2) is 72.5 Å².